The summed E-state index contributed by atoms with van der Waals surface area (Å²) in [6, 6.07) is 6.29. The minimum atomic E-state index is 0.110. The predicted molar refractivity (Wildman–Crippen MR) is 72.8 cm³/mol. The molecule has 0 N–H and O–H groups in total. The van der Waals surface area contributed by atoms with Gasteiger partial charge >= 0.3 is 0 Å². The summed E-state index contributed by atoms with van der Waals surface area (Å²) in [4.78, 5) is 2.48. The second-order valence-corrected chi connectivity index (χ2v) is 5.11. The Morgan fingerprint density at radius 2 is 2.32 bits per heavy atom. The third kappa shape index (κ3) is 2.30. The summed E-state index contributed by atoms with van der Waals surface area (Å²) >= 11 is 0. The first-order valence-electron chi connectivity index (χ1n) is 7.00. The van der Waals surface area contributed by atoms with Crippen LogP contribution in [0.4, 0.5) is 0 Å². The predicted octanol–water partition coefficient (Wildman–Crippen LogP) is 2.24. The van der Waals surface area contributed by atoms with Gasteiger partial charge in [-0.3, -0.25) is 4.90 Å². The summed E-state index contributed by atoms with van der Waals surface area (Å²) in [5.41, 5.74) is 1.12. The number of rotatable bonds is 3. The number of nitrogens with zero attached hydrogens (tertiary/aromatic N) is 1. The molecule has 0 aliphatic carbocycles. The second-order valence-electron chi connectivity index (χ2n) is 5.11. The van der Waals surface area contributed by atoms with E-state index in [1.165, 1.54) is 0 Å². The molecule has 0 amide bonds. The summed E-state index contributed by atoms with van der Waals surface area (Å²) in [7, 11) is 1.69. The highest BCUT2D eigenvalue weighted by molar-refractivity contribution is 5.44. The molecule has 4 nitrogen and oxygen atoms in total. The Morgan fingerprint density at radius 3 is 3.11 bits per heavy atom. The minimum Gasteiger partial charge on any atom is -0.497 e. The SMILES string of the molecule is CCCN1CCO[C@@H]2c3cc(OC)ccc3OC[C@H]21. The van der Waals surface area contributed by atoms with Crippen molar-refractivity contribution in [2.45, 2.75) is 25.5 Å². The highest BCUT2D eigenvalue weighted by Crippen LogP contribution is 2.40. The molecule has 1 aromatic carbocycles. The van der Waals surface area contributed by atoms with Crippen LogP contribution in [-0.2, 0) is 4.74 Å². The van der Waals surface area contributed by atoms with E-state index in [-0.39, 0.29) is 6.10 Å². The van der Waals surface area contributed by atoms with Gasteiger partial charge in [-0.2, -0.15) is 0 Å². The molecule has 1 fully saturated rings. The van der Waals surface area contributed by atoms with Crippen LogP contribution in [0.1, 0.15) is 25.0 Å². The van der Waals surface area contributed by atoms with Crippen LogP contribution in [0, 0.1) is 0 Å². The molecule has 1 saturated heterocycles. The van der Waals surface area contributed by atoms with E-state index in [1.807, 2.05) is 18.2 Å². The van der Waals surface area contributed by atoms with Gasteiger partial charge in [0.25, 0.3) is 0 Å². The number of hydrogen-bond donors (Lipinski definition) is 0. The van der Waals surface area contributed by atoms with Crippen LogP contribution in [0.2, 0.25) is 0 Å². The summed E-state index contributed by atoms with van der Waals surface area (Å²) in [5, 5.41) is 0. The number of morpholine rings is 1. The molecule has 0 aromatic heterocycles. The van der Waals surface area contributed by atoms with Crippen molar-refractivity contribution in [1.82, 2.24) is 4.90 Å². The topological polar surface area (TPSA) is 30.9 Å². The monoisotopic (exact) mass is 263 g/mol. The molecule has 1 aromatic rings. The average molecular weight is 263 g/mol. The number of ether oxygens (including phenoxy) is 3. The quantitative estimate of drug-likeness (QED) is 0.837. The van der Waals surface area contributed by atoms with Crippen molar-refractivity contribution in [3.63, 3.8) is 0 Å². The Kier molecular flexibility index (Phi) is 3.62. The molecule has 2 atom stereocenters. The third-order valence-corrected chi connectivity index (χ3v) is 3.94. The largest absolute Gasteiger partial charge is 0.497 e. The zero-order valence-corrected chi connectivity index (χ0v) is 11.6. The van der Waals surface area contributed by atoms with Crippen molar-refractivity contribution in [2.24, 2.45) is 0 Å². The highest BCUT2D eigenvalue weighted by Gasteiger charge is 2.38. The number of benzene rings is 1. The van der Waals surface area contributed by atoms with Crippen molar-refractivity contribution < 1.29 is 14.2 Å². The highest BCUT2D eigenvalue weighted by atomic mass is 16.5. The fourth-order valence-corrected chi connectivity index (χ4v) is 3.00. The van der Waals surface area contributed by atoms with Crippen molar-refractivity contribution in [3.05, 3.63) is 23.8 Å². The first-order valence-corrected chi connectivity index (χ1v) is 7.00. The van der Waals surface area contributed by atoms with E-state index in [1.54, 1.807) is 7.11 Å². The molecule has 0 saturated carbocycles. The first-order chi connectivity index (χ1) is 9.33. The van der Waals surface area contributed by atoms with Gasteiger partial charge in [0.1, 0.15) is 24.2 Å². The van der Waals surface area contributed by atoms with Gasteiger partial charge in [-0.15, -0.1) is 0 Å². The van der Waals surface area contributed by atoms with Gasteiger partial charge in [-0.05, 0) is 31.2 Å². The van der Waals surface area contributed by atoms with Crippen LogP contribution >= 0.6 is 0 Å². The molecule has 104 valence electrons. The minimum absolute atomic E-state index is 0.110. The van der Waals surface area contributed by atoms with E-state index in [0.717, 1.165) is 43.2 Å². The molecular weight excluding hydrogens is 242 g/mol. The fourth-order valence-electron chi connectivity index (χ4n) is 3.00. The van der Waals surface area contributed by atoms with E-state index >= 15 is 0 Å². The van der Waals surface area contributed by atoms with Gasteiger partial charge < -0.3 is 14.2 Å². The number of fused-ring (bicyclic) bond motifs is 3. The van der Waals surface area contributed by atoms with E-state index in [4.69, 9.17) is 14.2 Å². The summed E-state index contributed by atoms with van der Waals surface area (Å²) in [6.07, 6.45) is 1.27. The van der Waals surface area contributed by atoms with Gasteiger partial charge in [0.05, 0.1) is 19.8 Å². The van der Waals surface area contributed by atoms with Gasteiger partial charge in [0.2, 0.25) is 0 Å². The van der Waals surface area contributed by atoms with E-state index in [9.17, 15) is 0 Å². The lowest BCUT2D eigenvalue weighted by Gasteiger charge is -2.44. The van der Waals surface area contributed by atoms with Crippen LogP contribution in [0.5, 0.6) is 11.5 Å². The van der Waals surface area contributed by atoms with E-state index < -0.39 is 0 Å². The Morgan fingerprint density at radius 1 is 1.42 bits per heavy atom. The lowest BCUT2D eigenvalue weighted by atomic mass is 9.96. The fraction of sp³-hybridized carbons (Fsp3) is 0.600. The van der Waals surface area contributed by atoms with Crippen LogP contribution in [0.3, 0.4) is 0 Å². The molecule has 2 heterocycles. The van der Waals surface area contributed by atoms with Crippen LogP contribution in [0.15, 0.2) is 18.2 Å². The van der Waals surface area contributed by atoms with Gasteiger partial charge in [0.15, 0.2) is 0 Å². The Bertz CT molecular complexity index is 447. The Hall–Kier alpha value is -1.26. The van der Waals surface area contributed by atoms with Gasteiger partial charge in [-0.25, -0.2) is 0 Å². The standard InChI is InChI=1S/C15H21NO3/c1-3-6-16-7-8-18-15-12-9-11(17-2)4-5-14(12)19-10-13(15)16/h4-5,9,13,15H,3,6-8,10H2,1-2H3/t13-,15-/m1/s1. The molecule has 0 spiro atoms. The third-order valence-electron chi connectivity index (χ3n) is 3.94. The van der Waals surface area contributed by atoms with Gasteiger partial charge in [0, 0.05) is 12.1 Å². The summed E-state index contributed by atoms with van der Waals surface area (Å²) in [5.74, 6) is 1.79. The maximum atomic E-state index is 6.01. The van der Waals surface area contributed by atoms with Crippen LogP contribution < -0.4 is 9.47 Å². The van der Waals surface area contributed by atoms with E-state index in [0.29, 0.717) is 12.6 Å². The molecule has 0 bridgehead atoms. The maximum absolute atomic E-state index is 6.01. The number of hydrogen-bond acceptors (Lipinski definition) is 4. The van der Waals surface area contributed by atoms with Crippen LogP contribution in [0.25, 0.3) is 0 Å². The van der Waals surface area contributed by atoms with Crippen molar-refractivity contribution in [3.8, 4) is 11.5 Å². The molecule has 4 heteroatoms. The average Bonchev–Trinajstić information content (AvgIpc) is 2.47. The summed E-state index contributed by atoms with van der Waals surface area (Å²) in [6.45, 7) is 5.82. The lowest BCUT2D eigenvalue weighted by Crippen LogP contribution is -2.52. The molecule has 2 aliphatic heterocycles. The Balaban J connectivity index is 1.90. The second kappa shape index (κ2) is 5.39. The van der Waals surface area contributed by atoms with Crippen LogP contribution in [-0.4, -0.2) is 44.4 Å². The van der Waals surface area contributed by atoms with E-state index in [2.05, 4.69) is 11.8 Å². The van der Waals surface area contributed by atoms with Gasteiger partial charge in [-0.1, -0.05) is 6.92 Å². The molecule has 0 unspecified atom stereocenters. The molecule has 2 aliphatic rings. The normalized spacial score (nSPS) is 26.2. The zero-order valence-electron chi connectivity index (χ0n) is 11.6. The molecule has 3 rings (SSSR count). The molecular formula is C15H21NO3. The maximum Gasteiger partial charge on any atom is 0.125 e. The zero-order chi connectivity index (χ0) is 13.2. The van der Waals surface area contributed by atoms with Crippen molar-refractivity contribution >= 4 is 0 Å². The summed E-state index contributed by atoms with van der Waals surface area (Å²) < 4.78 is 17.2. The smallest absolute Gasteiger partial charge is 0.125 e. The first kappa shape index (κ1) is 12.8. The van der Waals surface area contributed by atoms with Crippen molar-refractivity contribution in [2.75, 3.05) is 33.4 Å². The lowest BCUT2D eigenvalue weighted by molar-refractivity contribution is -0.0956. The molecule has 0 radical (unpaired) electrons. The van der Waals surface area contributed by atoms with Crippen molar-refractivity contribution in [1.29, 1.82) is 0 Å². The number of methoxy groups -OCH3 is 1. The Labute approximate surface area is 114 Å². The molecule has 19 heavy (non-hydrogen) atoms.